The number of hydrogen-bond donors (Lipinski definition) is 1. The summed E-state index contributed by atoms with van der Waals surface area (Å²) in [7, 11) is 0. The predicted molar refractivity (Wildman–Crippen MR) is 55.1 cm³/mol. The molecule has 0 saturated heterocycles. The van der Waals surface area contributed by atoms with Gasteiger partial charge in [-0.05, 0) is 12.1 Å². The van der Waals surface area contributed by atoms with E-state index in [9.17, 15) is 0 Å². The molecule has 0 bridgehead atoms. The first-order chi connectivity index (χ1) is 6.84. The molecule has 0 aliphatic carbocycles. The van der Waals surface area contributed by atoms with E-state index in [1.54, 1.807) is 18.6 Å². The molecule has 0 radical (unpaired) electrons. The van der Waals surface area contributed by atoms with E-state index in [1.165, 1.54) is 11.3 Å². The molecule has 0 amide bonds. The van der Waals surface area contributed by atoms with Crippen LogP contribution in [0.3, 0.4) is 0 Å². The molecule has 0 aromatic carbocycles. The summed E-state index contributed by atoms with van der Waals surface area (Å²) in [6.45, 7) is 0.438. The van der Waals surface area contributed by atoms with Crippen molar-refractivity contribution >= 4 is 16.3 Å². The lowest BCUT2D eigenvalue weighted by Crippen LogP contribution is -1.94. The van der Waals surface area contributed by atoms with Gasteiger partial charge in [0.15, 0.2) is 0 Å². The molecule has 0 fully saturated rings. The van der Waals surface area contributed by atoms with Crippen molar-refractivity contribution in [2.75, 3.05) is 5.73 Å². The third-order valence-electron chi connectivity index (χ3n) is 1.57. The van der Waals surface area contributed by atoms with Crippen LogP contribution in [0.4, 0.5) is 5.00 Å². The third kappa shape index (κ3) is 2.20. The van der Waals surface area contributed by atoms with Crippen LogP contribution in [0.25, 0.3) is 0 Å². The van der Waals surface area contributed by atoms with E-state index in [0.29, 0.717) is 11.6 Å². The Hall–Kier alpha value is -1.62. The summed E-state index contributed by atoms with van der Waals surface area (Å²) in [5, 5.41) is 1.57. The van der Waals surface area contributed by atoms with Crippen LogP contribution in [0, 0.1) is 0 Å². The van der Waals surface area contributed by atoms with E-state index >= 15 is 0 Å². The van der Waals surface area contributed by atoms with Crippen LogP contribution >= 0.6 is 11.3 Å². The standard InChI is InChI=1S/C9H9N3OS/c10-8-5-12-9(14-8)6-13-7-2-1-3-11-4-7/h1-5H,6,10H2. The van der Waals surface area contributed by atoms with Crippen molar-refractivity contribution in [2.24, 2.45) is 0 Å². The monoisotopic (exact) mass is 207 g/mol. The summed E-state index contributed by atoms with van der Waals surface area (Å²) in [5.74, 6) is 0.737. The number of aromatic nitrogens is 2. The minimum Gasteiger partial charge on any atom is -0.485 e. The van der Waals surface area contributed by atoms with Crippen LogP contribution < -0.4 is 10.5 Å². The van der Waals surface area contributed by atoms with Crippen LogP contribution in [0.5, 0.6) is 5.75 Å². The number of pyridine rings is 1. The molecule has 14 heavy (non-hydrogen) atoms. The summed E-state index contributed by atoms with van der Waals surface area (Å²) in [6.07, 6.45) is 5.00. The Morgan fingerprint density at radius 3 is 3.00 bits per heavy atom. The lowest BCUT2D eigenvalue weighted by molar-refractivity contribution is 0.304. The summed E-state index contributed by atoms with van der Waals surface area (Å²) >= 11 is 1.43. The first-order valence-corrected chi connectivity index (χ1v) is 4.89. The number of ether oxygens (including phenoxy) is 1. The van der Waals surface area contributed by atoms with Crippen molar-refractivity contribution in [2.45, 2.75) is 6.61 Å². The maximum absolute atomic E-state index is 5.54. The fourth-order valence-electron chi connectivity index (χ4n) is 0.969. The van der Waals surface area contributed by atoms with Crippen molar-refractivity contribution in [1.82, 2.24) is 9.97 Å². The van der Waals surface area contributed by atoms with E-state index < -0.39 is 0 Å². The van der Waals surface area contributed by atoms with Crippen LogP contribution in [0.15, 0.2) is 30.7 Å². The summed E-state index contributed by atoms with van der Waals surface area (Å²) in [5.41, 5.74) is 5.54. The van der Waals surface area contributed by atoms with Crippen LogP contribution in [0.2, 0.25) is 0 Å². The van der Waals surface area contributed by atoms with Crippen molar-refractivity contribution < 1.29 is 4.74 Å². The smallest absolute Gasteiger partial charge is 0.140 e. The number of nitrogen functional groups attached to an aromatic ring is 1. The zero-order valence-corrected chi connectivity index (χ0v) is 8.20. The SMILES string of the molecule is Nc1cnc(COc2cccnc2)s1. The van der Waals surface area contributed by atoms with Gasteiger partial charge >= 0.3 is 0 Å². The molecule has 0 spiro atoms. The van der Waals surface area contributed by atoms with Gasteiger partial charge in [0.2, 0.25) is 0 Å². The normalized spacial score (nSPS) is 10.0. The summed E-state index contributed by atoms with van der Waals surface area (Å²) < 4.78 is 5.44. The molecule has 5 heteroatoms. The van der Waals surface area contributed by atoms with Gasteiger partial charge in [0.25, 0.3) is 0 Å². The van der Waals surface area contributed by atoms with E-state index in [-0.39, 0.29) is 0 Å². The Balaban J connectivity index is 1.95. The predicted octanol–water partition coefficient (Wildman–Crippen LogP) is 1.70. The molecule has 0 unspecified atom stereocenters. The largest absolute Gasteiger partial charge is 0.485 e. The zero-order chi connectivity index (χ0) is 9.80. The van der Waals surface area contributed by atoms with Crippen LogP contribution in [0.1, 0.15) is 5.01 Å². The second-order valence-electron chi connectivity index (χ2n) is 2.63. The van der Waals surface area contributed by atoms with Crippen molar-refractivity contribution in [3.63, 3.8) is 0 Å². The number of anilines is 1. The van der Waals surface area contributed by atoms with Gasteiger partial charge in [-0.2, -0.15) is 0 Å². The molecule has 0 atom stereocenters. The fourth-order valence-corrected chi connectivity index (χ4v) is 1.57. The van der Waals surface area contributed by atoms with Crippen LogP contribution in [-0.2, 0) is 6.61 Å². The zero-order valence-electron chi connectivity index (χ0n) is 7.38. The molecular weight excluding hydrogens is 198 g/mol. The van der Waals surface area contributed by atoms with E-state index in [1.807, 2.05) is 12.1 Å². The first kappa shape index (κ1) is 8.96. The molecule has 4 nitrogen and oxygen atoms in total. The molecule has 2 aromatic heterocycles. The average Bonchev–Trinajstić information content (AvgIpc) is 2.63. The Morgan fingerprint density at radius 1 is 1.43 bits per heavy atom. The van der Waals surface area contributed by atoms with Gasteiger partial charge in [0, 0.05) is 6.20 Å². The molecule has 0 saturated carbocycles. The maximum atomic E-state index is 5.54. The minimum atomic E-state index is 0.438. The highest BCUT2D eigenvalue weighted by Crippen LogP contribution is 2.16. The molecule has 2 rings (SSSR count). The van der Waals surface area contributed by atoms with E-state index in [4.69, 9.17) is 10.5 Å². The van der Waals surface area contributed by atoms with Gasteiger partial charge in [-0.15, -0.1) is 0 Å². The van der Waals surface area contributed by atoms with Crippen molar-refractivity contribution in [3.8, 4) is 5.75 Å². The number of thiazole rings is 1. The number of nitrogens with two attached hydrogens (primary N) is 1. The molecule has 2 heterocycles. The maximum Gasteiger partial charge on any atom is 0.140 e. The Kier molecular flexibility index (Phi) is 2.60. The van der Waals surface area contributed by atoms with Gasteiger partial charge in [-0.25, -0.2) is 4.98 Å². The van der Waals surface area contributed by atoms with Gasteiger partial charge in [-0.1, -0.05) is 11.3 Å². The van der Waals surface area contributed by atoms with Gasteiger partial charge in [-0.3, -0.25) is 4.98 Å². The Bertz CT molecular complexity index is 401. The quantitative estimate of drug-likeness (QED) is 0.832. The lowest BCUT2D eigenvalue weighted by Gasteiger charge is -2.01. The Morgan fingerprint density at radius 2 is 2.36 bits per heavy atom. The summed E-state index contributed by atoms with van der Waals surface area (Å²) in [6, 6.07) is 3.68. The van der Waals surface area contributed by atoms with Gasteiger partial charge < -0.3 is 10.5 Å². The topological polar surface area (TPSA) is 61.0 Å². The molecule has 72 valence electrons. The first-order valence-electron chi connectivity index (χ1n) is 4.07. The van der Waals surface area contributed by atoms with E-state index in [0.717, 1.165) is 10.8 Å². The summed E-state index contributed by atoms with van der Waals surface area (Å²) in [4.78, 5) is 8.01. The van der Waals surface area contributed by atoms with Crippen LogP contribution in [-0.4, -0.2) is 9.97 Å². The van der Waals surface area contributed by atoms with Gasteiger partial charge in [0.1, 0.15) is 22.4 Å². The van der Waals surface area contributed by atoms with Crippen molar-refractivity contribution in [1.29, 1.82) is 0 Å². The second kappa shape index (κ2) is 4.06. The minimum absolute atomic E-state index is 0.438. The molecule has 2 aromatic rings. The lowest BCUT2D eigenvalue weighted by atomic mass is 10.5. The fraction of sp³-hybridized carbons (Fsp3) is 0.111. The second-order valence-corrected chi connectivity index (χ2v) is 3.78. The molecule has 2 N–H and O–H groups in total. The number of hydrogen-bond acceptors (Lipinski definition) is 5. The highest BCUT2D eigenvalue weighted by atomic mass is 32.1. The van der Waals surface area contributed by atoms with Crippen molar-refractivity contribution in [3.05, 3.63) is 35.7 Å². The highest BCUT2D eigenvalue weighted by molar-refractivity contribution is 7.15. The average molecular weight is 207 g/mol. The highest BCUT2D eigenvalue weighted by Gasteiger charge is 1.99. The molecular formula is C9H9N3OS. The molecule has 0 aliphatic heterocycles. The molecule has 0 aliphatic rings. The van der Waals surface area contributed by atoms with E-state index in [2.05, 4.69) is 9.97 Å². The van der Waals surface area contributed by atoms with Gasteiger partial charge in [0.05, 0.1) is 12.4 Å². The third-order valence-corrected chi connectivity index (χ3v) is 2.37. The number of rotatable bonds is 3. The number of nitrogens with zero attached hydrogens (tertiary/aromatic N) is 2. The Labute approximate surface area is 85.4 Å².